The summed E-state index contributed by atoms with van der Waals surface area (Å²) < 4.78 is 21.2. The van der Waals surface area contributed by atoms with Crippen LogP contribution in [0.25, 0.3) is 5.69 Å². The van der Waals surface area contributed by atoms with Crippen molar-refractivity contribution in [2.24, 2.45) is 0 Å². The number of rotatable bonds is 9. The van der Waals surface area contributed by atoms with Crippen molar-refractivity contribution >= 4 is 23.9 Å². The zero-order valence-corrected chi connectivity index (χ0v) is 22.1. The Morgan fingerprint density at radius 3 is 1.90 bits per heavy atom. The summed E-state index contributed by atoms with van der Waals surface area (Å²) in [4.78, 5) is 38.6. The van der Waals surface area contributed by atoms with E-state index in [1.165, 1.54) is 12.1 Å². The molecule has 0 amide bonds. The molecule has 0 aliphatic rings. The van der Waals surface area contributed by atoms with Crippen LogP contribution in [0.4, 0.5) is 4.39 Å². The molecule has 0 radical (unpaired) electrons. The molecule has 13 nitrogen and oxygen atoms in total. The average Bonchev–Trinajstić information content (AvgIpc) is 3.20. The number of carbonyl (C=O) groups is 4. The van der Waals surface area contributed by atoms with Gasteiger partial charge in [0.15, 0.2) is 0 Å². The molecule has 1 heterocycles. The first kappa shape index (κ1) is 33.2. The number of benzene rings is 2. The van der Waals surface area contributed by atoms with E-state index in [-0.39, 0.29) is 5.82 Å². The minimum Gasteiger partial charge on any atom is -0.473 e. The fraction of sp³-hybridized carbons (Fsp3) is 0.269. The number of ether oxygens (including phenoxy) is 1. The molecule has 0 aliphatic carbocycles. The van der Waals surface area contributed by atoms with Crippen LogP contribution in [-0.2, 0) is 25.7 Å². The van der Waals surface area contributed by atoms with Crippen LogP contribution in [0.5, 0.6) is 11.6 Å². The minimum absolute atomic E-state index is 0.289. The van der Waals surface area contributed by atoms with Gasteiger partial charge in [-0.15, -0.1) is 0 Å². The maximum absolute atomic E-state index is 13.3. The number of carboxylic acid groups (broad SMARTS) is 4. The van der Waals surface area contributed by atoms with Crippen molar-refractivity contribution in [1.29, 1.82) is 0 Å². The van der Waals surface area contributed by atoms with Gasteiger partial charge < -0.3 is 35.4 Å². The highest BCUT2D eigenvalue weighted by atomic mass is 19.1. The molecule has 1 aromatic heterocycles. The molecule has 3 rings (SSSR count). The Morgan fingerprint density at radius 1 is 0.900 bits per heavy atom. The summed E-state index contributed by atoms with van der Waals surface area (Å²) in [6.07, 6.45) is 1.06. The monoisotopic (exact) mass is 562 g/mol. The quantitative estimate of drug-likeness (QED) is 0.189. The highest BCUT2D eigenvalue weighted by Crippen LogP contribution is 2.30. The van der Waals surface area contributed by atoms with Crippen LogP contribution >= 0.6 is 0 Å². The molecule has 0 bridgehead atoms. The molecule has 0 spiro atoms. The summed E-state index contributed by atoms with van der Waals surface area (Å²) in [6.45, 7) is 4.58. The molecule has 2 aromatic carbocycles. The largest absolute Gasteiger partial charge is 0.473 e. The number of halogens is 1. The van der Waals surface area contributed by atoms with E-state index in [0.717, 1.165) is 36.5 Å². The Bertz CT molecular complexity index is 1220. The predicted molar refractivity (Wildman–Crippen MR) is 140 cm³/mol. The number of aliphatic carboxylic acids is 4. The first-order chi connectivity index (χ1) is 18.8. The van der Waals surface area contributed by atoms with Crippen molar-refractivity contribution < 1.29 is 48.7 Å². The number of hydrogen-bond acceptors (Lipinski definition) is 8. The second-order valence-corrected chi connectivity index (χ2v) is 8.23. The minimum atomic E-state index is -1.82. The number of nitrogens with zero attached hydrogens (tertiary/aromatic N) is 3. The van der Waals surface area contributed by atoms with E-state index in [1.807, 2.05) is 37.3 Å². The third kappa shape index (κ3) is 12.1. The molecular weight excluding hydrogens is 531 g/mol. The summed E-state index contributed by atoms with van der Waals surface area (Å²) in [5.41, 5.74) is 2.82. The number of hydrogen-bond donors (Lipinski definition) is 5. The van der Waals surface area contributed by atoms with Crippen molar-refractivity contribution in [3.05, 3.63) is 71.7 Å². The highest BCUT2D eigenvalue weighted by molar-refractivity contribution is 6.27. The summed E-state index contributed by atoms with van der Waals surface area (Å²) in [5, 5.41) is 37.7. The lowest BCUT2D eigenvalue weighted by molar-refractivity contribution is -0.159. The number of aromatic nitrogens is 2. The van der Waals surface area contributed by atoms with Crippen molar-refractivity contribution in [2.45, 2.75) is 19.9 Å². The molecule has 0 aliphatic heterocycles. The van der Waals surface area contributed by atoms with Gasteiger partial charge in [0, 0.05) is 6.54 Å². The fourth-order valence-electron chi connectivity index (χ4n) is 2.94. The normalized spacial score (nSPS) is 10.0. The lowest BCUT2D eigenvalue weighted by Crippen LogP contribution is -2.21. The van der Waals surface area contributed by atoms with E-state index >= 15 is 0 Å². The molecule has 216 valence electrons. The van der Waals surface area contributed by atoms with Crippen LogP contribution in [0.1, 0.15) is 17.7 Å². The van der Waals surface area contributed by atoms with E-state index in [9.17, 15) is 4.39 Å². The maximum atomic E-state index is 13.3. The first-order valence-electron chi connectivity index (χ1n) is 11.7. The van der Waals surface area contributed by atoms with Crippen LogP contribution in [0.3, 0.4) is 0 Å². The van der Waals surface area contributed by atoms with Crippen LogP contribution < -0.4 is 10.1 Å². The number of carboxylic acids is 4. The molecule has 5 N–H and O–H groups in total. The zero-order valence-electron chi connectivity index (χ0n) is 22.1. The number of nitrogens with one attached hydrogen (secondary N) is 1. The van der Waals surface area contributed by atoms with Gasteiger partial charge in [-0.3, -0.25) is 0 Å². The van der Waals surface area contributed by atoms with Gasteiger partial charge in [0.2, 0.25) is 5.88 Å². The molecule has 0 unspecified atom stereocenters. The van der Waals surface area contributed by atoms with Gasteiger partial charge >= 0.3 is 23.9 Å². The SMILES string of the molecule is Cc1nn(-c2ccccc2)c(Oc2ccc(F)cc2)c1CNCCCN(C)C.O=C(O)C(=O)O.O=C(O)C(=O)O. The number of aryl methyl sites for hydroxylation is 1. The number of para-hydroxylation sites is 1. The van der Waals surface area contributed by atoms with Crippen LogP contribution in [0.2, 0.25) is 0 Å². The summed E-state index contributed by atoms with van der Waals surface area (Å²) in [5.74, 6) is -6.36. The maximum Gasteiger partial charge on any atom is 0.414 e. The lowest BCUT2D eigenvalue weighted by Gasteiger charge is -2.13. The van der Waals surface area contributed by atoms with E-state index in [0.29, 0.717) is 18.2 Å². The Hall–Kier alpha value is -4.82. The van der Waals surface area contributed by atoms with Gasteiger partial charge in [-0.05, 0) is 76.9 Å². The Balaban J connectivity index is 0.000000559. The van der Waals surface area contributed by atoms with Crippen molar-refractivity contribution in [3.63, 3.8) is 0 Å². The second kappa shape index (κ2) is 16.9. The molecule has 0 atom stereocenters. The van der Waals surface area contributed by atoms with Gasteiger partial charge in [0.05, 0.1) is 16.9 Å². The summed E-state index contributed by atoms with van der Waals surface area (Å²) in [6, 6.07) is 15.9. The molecule has 0 fully saturated rings. The van der Waals surface area contributed by atoms with Crippen LogP contribution in [0.15, 0.2) is 54.6 Å². The fourth-order valence-corrected chi connectivity index (χ4v) is 2.94. The Morgan fingerprint density at radius 2 is 1.43 bits per heavy atom. The average molecular weight is 563 g/mol. The van der Waals surface area contributed by atoms with Crippen molar-refractivity contribution in [2.75, 3.05) is 27.2 Å². The molecule has 14 heteroatoms. The molecule has 40 heavy (non-hydrogen) atoms. The van der Waals surface area contributed by atoms with Crippen molar-refractivity contribution in [3.8, 4) is 17.3 Å². The van der Waals surface area contributed by atoms with E-state index in [2.05, 4.69) is 24.3 Å². The standard InChI is InChI=1S/C22H27FN4O.2C2H2O4/c1-17-21(16-24-14-7-15-26(2)3)22(28-20-12-10-18(23)11-13-20)27(25-17)19-8-5-4-6-9-19;2*3-1(4)2(5)6/h4-6,8-13,24H,7,14-16H2,1-3H3;2*(H,3,4)(H,5,6). The summed E-state index contributed by atoms with van der Waals surface area (Å²) >= 11 is 0. The van der Waals surface area contributed by atoms with Crippen LogP contribution in [0, 0.1) is 12.7 Å². The Kier molecular flexibility index (Phi) is 14.0. The van der Waals surface area contributed by atoms with Crippen molar-refractivity contribution in [1.82, 2.24) is 20.0 Å². The zero-order chi connectivity index (χ0) is 30.2. The topological polar surface area (TPSA) is 192 Å². The summed E-state index contributed by atoms with van der Waals surface area (Å²) in [7, 11) is 4.14. The van der Waals surface area contributed by atoms with Gasteiger partial charge in [0.1, 0.15) is 11.6 Å². The molecular formula is C26H31FN4O9. The second-order valence-electron chi connectivity index (χ2n) is 8.23. The van der Waals surface area contributed by atoms with E-state index in [1.54, 1.807) is 16.8 Å². The third-order valence-electron chi connectivity index (χ3n) is 4.79. The van der Waals surface area contributed by atoms with E-state index < -0.39 is 23.9 Å². The highest BCUT2D eigenvalue weighted by Gasteiger charge is 2.18. The smallest absolute Gasteiger partial charge is 0.414 e. The lowest BCUT2D eigenvalue weighted by atomic mass is 10.2. The molecule has 3 aromatic rings. The molecule has 0 saturated carbocycles. The van der Waals surface area contributed by atoms with Crippen LogP contribution in [-0.4, -0.2) is 86.2 Å². The third-order valence-corrected chi connectivity index (χ3v) is 4.79. The van der Waals surface area contributed by atoms with E-state index in [4.69, 9.17) is 49.4 Å². The van der Waals surface area contributed by atoms with Gasteiger partial charge in [-0.2, -0.15) is 5.10 Å². The molecule has 0 saturated heterocycles. The van der Waals surface area contributed by atoms with Gasteiger partial charge in [0.25, 0.3) is 0 Å². The Labute approximate surface area is 229 Å². The van der Waals surface area contributed by atoms with Gasteiger partial charge in [-0.1, -0.05) is 18.2 Å². The predicted octanol–water partition coefficient (Wildman–Crippen LogP) is 2.46. The van der Waals surface area contributed by atoms with Gasteiger partial charge in [-0.25, -0.2) is 28.3 Å². The first-order valence-corrected chi connectivity index (χ1v) is 11.7.